The van der Waals surface area contributed by atoms with Crippen LogP contribution in [0.15, 0.2) is 66.4 Å². The van der Waals surface area contributed by atoms with Crippen LogP contribution in [-0.2, 0) is 9.59 Å². The van der Waals surface area contributed by atoms with Crippen LogP contribution >= 0.6 is 23.2 Å². The Morgan fingerprint density at radius 3 is 2.19 bits per heavy atom. The molecule has 4 nitrogen and oxygen atoms in total. The molecule has 0 saturated carbocycles. The molecule has 0 radical (unpaired) electrons. The van der Waals surface area contributed by atoms with Gasteiger partial charge in [0.05, 0.1) is 11.3 Å². The van der Waals surface area contributed by atoms with Crippen molar-refractivity contribution in [1.82, 2.24) is 0 Å². The molecule has 0 atom stereocenters. The number of hydrogen-bond acceptors (Lipinski definition) is 3. The Hall–Kier alpha value is -3.22. The molecule has 4 rings (SSSR count). The van der Waals surface area contributed by atoms with Crippen molar-refractivity contribution in [2.45, 2.75) is 6.92 Å². The lowest BCUT2D eigenvalue weighted by molar-refractivity contribution is -0.120. The first kappa shape index (κ1) is 21.0. The van der Waals surface area contributed by atoms with Crippen LogP contribution in [0.1, 0.15) is 11.1 Å². The summed E-state index contributed by atoms with van der Waals surface area (Å²) in [5.41, 5.74) is 1.63. The van der Waals surface area contributed by atoms with Crippen molar-refractivity contribution < 1.29 is 18.4 Å². The first-order valence-electron chi connectivity index (χ1n) is 9.13. The van der Waals surface area contributed by atoms with Gasteiger partial charge in [0, 0.05) is 21.8 Å². The van der Waals surface area contributed by atoms with Crippen molar-refractivity contribution in [3.63, 3.8) is 0 Å². The topological polar surface area (TPSA) is 49.4 Å². The Balaban J connectivity index is 1.83. The van der Waals surface area contributed by atoms with E-state index in [0.29, 0.717) is 21.3 Å². The van der Waals surface area contributed by atoms with Crippen molar-refractivity contribution in [3.8, 4) is 0 Å². The molecule has 2 amide bonds. The minimum atomic E-state index is -1.09. The molecule has 1 heterocycles. The number of nitrogens with one attached hydrogen (secondary N) is 1. The zero-order chi connectivity index (χ0) is 22.3. The van der Waals surface area contributed by atoms with Gasteiger partial charge >= 0.3 is 0 Å². The van der Waals surface area contributed by atoms with Gasteiger partial charge in [0.1, 0.15) is 5.70 Å². The first-order valence-corrected chi connectivity index (χ1v) is 9.89. The number of halogens is 4. The van der Waals surface area contributed by atoms with E-state index >= 15 is 0 Å². The third kappa shape index (κ3) is 3.92. The van der Waals surface area contributed by atoms with Crippen LogP contribution in [0.5, 0.6) is 0 Å². The molecule has 0 unspecified atom stereocenters. The minimum Gasteiger partial charge on any atom is -0.350 e. The van der Waals surface area contributed by atoms with Crippen molar-refractivity contribution in [1.29, 1.82) is 0 Å². The lowest BCUT2D eigenvalue weighted by atomic mass is 10.0. The smallest absolute Gasteiger partial charge is 0.282 e. The third-order valence-corrected chi connectivity index (χ3v) is 5.48. The summed E-state index contributed by atoms with van der Waals surface area (Å²) in [6.07, 6.45) is 0. The number of benzene rings is 3. The maximum atomic E-state index is 13.7. The minimum absolute atomic E-state index is 0.0723. The molecule has 8 heteroatoms. The summed E-state index contributed by atoms with van der Waals surface area (Å²) in [4.78, 5) is 27.6. The number of imide groups is 1. The summed E-state index contributed by atoms with van der Waals surface area (Å²) in [5.74, 6) is -3.35. The Labute approximate surface area is 186 Å². The highest BCUT2D eigenvalue weighted by atomic mass is 35.5. The summed E-state index contributed by atoms with van der Waals surface area (Å²) in [6.45, 7) is 1.80. The normalized spacial score (nSPS) is 13.9. The van der Waals surface area contributed by atoms with Crippen molar-refractivity contribution >= 4 is 52.0 Å². The number of anilines is 2. The molecule has 156 valence electrons. The van der Waals surface area contributed by atoms with E-state index in [9.17, 15) is 18.4 Å². The number of aryl methyl sites for hydroxylation is 1. The number of rotatable bonds is 4. The molecule has 0 aromatic heterocycles. The first-order chi connectivity index (χ1) is 14.8. The van der Waals surface area contributed by atoms with Crippen molar-refractivity contribution in [3.05, 3.63) is 99.2 Å². The summed E-state index contributed by atoms with van der Waals surface area (Å²) in [7, 11) is 0. The maximum absolute atomic E-state index is 13.7. The van der Waals surface area contributed by atoms with Gasteiger partial charge < -0.3 is 5.32 Å². The van der Waals surface area contributed by atoms with E-state index in [1.807, 2.05) is 0 Å². The zero-order valence-corrected chi connectivity index (χ0v) is 17.6. The molecule has 3 aromatic carbocycles. The van der Waals surface area contributed by atoms with Crippen molar-refractivity contribution in [2.24, 2.45) is 0 Å². The molecule has 0 aliphatic carbocycles. The van der Waals surface area contributed by atoms with Gasteiger partial charge in [0.15, 0.2) is 11.6 Å². The second-order valence-corrected chi connectivity index (χ2v) is 7.73. The van der Waals surface area contributed by atoms with E-state index in [2.05, 4.69) is 5.32 Å². The van der Waals surface area contributed by atoms with Crippen LogP contribution in [0, 0.1) is 18.6 Å². The van der Waals surface area contributed by atoms with Gasteiger partial charge in [0.2, 0.25) is 0 Å². The molecule has 0 spiro atoms. The van der Waals surface area contributed by atoms with Crippen LogP contribution in [0.2, 0.25) is 10.0 Å². The van der Waals surface area contributed by atoms with E-state index < -0.39 is 23.4 Å². The third-order valence-electron chi connectivity index (χ3n) is 4.82. The Bertz CT molecular complexity index is 1260. The fourth-order valence-corrected chi connectivity index (χ4v) is 3.50. The molecule has 1 aliphatic rings. The molecular weight excluding hydrogens is 445 g/mol. The van der Waals surface area contributed by atoms with Gasteiger partial charge in [-0.25, -0.2) is 13.7 Å². The number of carbonyl (C=O) groups is 2. The van der Waals surface area contributed by atoms with Gasteiger partial charge in [-0.2, -0.15) is 0 Å². The van der Waals surface area contributed by atoms with Gasteiger partial charge in [-0.15, -0.1) is 0 Å². The number of carbonyl (C=O) groups excluding carboxylic acids is 2. The molecule has 0 bridgehead atoms. The fourth-order valence-electron chi connectivity index (χ4n) is 3.20. The molecule has 3 aromatic rings. The highest BCUT2D eigenvalue weighted by Crippen LogP contribution is 2.35. The van der Waals surface area contributed by atoms with Crippen LogP contribution in [0.3, 0.4) is 0 Å². The Kier molecular flexibility index (Phi) is 5.52. The second-order valence-electron chi connectivity index (χ2n) is 6.89. The Morgan fingerprint density at radius 2 is 1.55 bits per heavy atom. The van der Waals surface area contributed by atoms with Crippen LogP contribution in [-0.4, -0.2) is 11.8 Å². The largest absolute Gasteiger partial charge is 0.350 e. The quantitative estimate of drug-likeness (QED) is 0.489. The van der Waals surface area contributed by atoms with Crippen molar-refractivity contribution in [2.75, 3.05) is 10.2 Å². The monoisotopic (exact) mass is 458 g/mol. The van der Waals surface area contributed by atoms with Gasteiger partial charge in [-0.3, -0.25) is 9.59 Å². The Morgan fingerprint density at radius 1 is 0.839 bits per heavy atom. The molecular formula is C23H14Cl2F2N2O2. The van der Waals surface area contributed by atoms with E-state index in [1.165, 1.54) is 12.1 Å². The lowest BCUT2D eigenvalue weighted by Gasteiger charge is -2.16. The second kappa shape index (κ2) is 8.13. The maximum Gasteiger partial charge on any atom is 0.282 e. The van der Waals surface area contributed by atoms with Gasteiger partial charge in [-0.05, 0) is 54.4 Å². The van der Waals surface area contributed by atoms with Crippen LogP contribution < -0.4 is 10.2 Å². The summed E-state index contributed by atoms with van der Waals surface area (Å²) in [6, 6.07) is 14.3. The predicted molar refractivity (Wildman–Crippen MR) is 117 cm³/mol. The highest BCUT2D eigenvalue weighted by molar-refractivity contribution is 6.46. The zero-order valence-electron chi connectivity index (χ0n) is 16.0. The molecule has 1 aliphatic heterocycles. The van der Waals surface area contributed by atoms with Crippen LogP contribution in [0.4, 0.5) is 20.2 Å². The van der Waals surface area contributed by atoms with Gasteiger partial charge in [0.25, 0.3) is 11.8 Å². The molecule has 1 N–H and O–H groups in total. The van der Waals surface area contributed by atoms with E-state index in [4.69, 9.17) is 23.2 Å². The number of hydrogen-bond donors (Lipinski definition) is 1. The predicted octanol–water partition coefficient (Wildman–Crippen LogP) is 5.98. The molecule has 31 heavy (non-hydrogen) atoms. The van der Waals surface area contributed by atoms with Crippen LogP contribution in [0.25, 0.3) is 5.57 Å². The summed E-state index contributed by atoms with van der Waals surface area (Å²) >= 11 is 12.1. The summed E-state index contributed by atoms with van der Waals surface area (Å²) < 4.78 is 27.0. The van der Waals surface area contributed by atoms with E-state index in [-0.39, 0.29) is 17.0 Å². The fraction of sp³-hybridized carbons (Fsp3) is 0.0435. The molecule has 0 fully saturated rings. The standard InChI is InChI=1S/C23H14Cl2F2N2O2/c1-12-2-8-16(11-17(12)25)29-22(30)20(13-3-5-14(24)6-4-13)21(23(29)31)28-15-7-9-18(26)19(27)10-15/h2-11,28H,1H3. The highest BCUT2D eigenvalue weighted by Gasteiger charge is 2.40. The average Bonchev–Trinajstić information content (AvgIpc) is 2.97. The summed E-state index contributed by atoms with van der Waals surface area (Å²) in [5, 5.41) is 3.63. The lowest BCUT2D eigenvalue weighted by Crippen LogP contribution is -2.32. The molecule has 0 saturated heterocycles. The average molecular weight is 459 g/mol. The van der Waals surface area contributed by atoms with E-state index in [0.717, 1.165) is 22.6 Å². The number of nitrogens with zero attached hydrogens (tertiary/aromatic N) is 1. The van der Waals surface area contributed by atoms with Gasteiger partial charge in [-0.1, -0.05) is 41.4 Å². The van der Waals surface area contributed by atoms with E-state index in [1.54, 1.807) is 43.3 Å². The SMILES string of the molecule is Cc1ccc(N2C(=O)C(Nc3ccc(F)c(F)c3)=C(c3ccc(Cl)cc3)C2=O)cc1Cl. The number of amides is 2.